The number of hydrogen-bond donors (Lipinski definition) is 2. The van der Waals surface area contributed by atoms with Crippen molar-refractivity contribution in [1.29, 1.82) is 0 Å². The Hall–Kier alpha value is -2.29. The standard InChI is InChI=1S/C23H23BrClFN4O2/c1-13-16(11-31)6-19(21(13)26)29-23-18(8-27-12-28-23)22(32)15-7-20(25)30(10-15)9-14-3-2-4-17(24)5-14/h2-5,7-8,10,12-13,16,19,21,31H,6,9,11H2,1H3,(H,27,28,29)/t13-,16-,19-,21+/m1/s1. The zero-order chi connectivity index (χ0) is 22.8. The molecule has 0 unspecified atom stereocenters. The Bertz CT molecular complexity index is 1120. The molecule has 3 aromatic rings. The third-order valence-electron chi connectivity index (χ3n) is 6.05. The van der Waals surface area contributed by atoms with Gasteiger partial charge in [-0.25, -0.2) is 14.4 Å². The molecule has 0 saturated heterocycles. The van der Waals surface area contributed by atoms with Crippen LogP contribution < -0.4 is 5.32 Å². The number of nitrogens with zero attached hydrogens (tertiary/aromatic N) is 3. The number of carbonyl (C=O) groups is 1. The fourth-order valence-electron chi connectivity index (χ4n) is 4.17. The van der Waals surface area contributed by atoms with Crippen molar-refractivity contribution in [3.05, 3.63) is 75.4 Å². The number of nitrogens with one attached hydrogen (secondary N) is 1. The van der Waals surface area contributed by atoms with Gasteiger partial charge in [0.05, 0.1) is 11.6 Å². The number of halogens is 3. The van der Waals surface area contributed by atoms with Gasteiger partial charge in [0.25, 0.3) is 0 Å². The SMILES string of the molecule is C[C@@H]1[C@@H](CO)C[C@@H](Nc2ncncc2C(=O)c2cc(Cl)n(Cc3cccc(Br)c3)c2)[C@H]1F. The first-order valence-corrected chi connectivity index (χ1v) is 11.5. The molecular formula is C23H23BrClFN4O2. The second-order valence-corrected chi connectivity index (χ2v) is 9.46. The van der Waals surface area contributed by atoms with E-state index in [0.717, 1.165) is 10.0 Å². The fraction of sp³-hybridized carbons (Fsp3) is 0.348. The predicted octanol–water partition coefficient (Wildman–Crippen LogP) is 4.74. The summed E-state index contributed by atoms with van der Waals surface area (Å²) in [6, 6.07) is 8.91. The van der Waals surface area contributed by atoms with Gasteiger partial charge >= 0.3 is 0 Å². The van der Waals surface area contributed by atoms with Crippen molar-refractivity contribution in [2.75, 3.05) is 11.9 Å². The molecule has 0 radical (unpaired) electrons. The monoisotopic (exact) mass is 520 g/mol. The van der Waals surface area contributed by atoms with Gasteiger partial charge in [-0.15, -0.1) is 0 Å². The Balaban J connectivity index is 1.56. The molecule has 1 aromatic carbocycles. The first kappa shape index (κ1) is 22.9. The van der Waals surface area contributed by atoms with E-state index < -0.39 is 12.2 Å². The Morgan fingerprint density at radius 3 is 2.94 bits per heavy atom. The van der Waals surface area contributed by atoms with Gasteiger partial charge in [-0.2, -0.15) is 0 Å². The molecule has 2 N–H and O–H groups in total. The third kappa shape index (κ3) is 4.72. The van der Waals surface area contributed by atoms with Crippen LogP contribution in [0.1, 0.15) is 34.8 Å². The first-order chi connectivity index (χ1) is 15.4. The summed E-state index contributed by atoms with van der Waals surface area (Å²) >= 11 is 9.84. The highest BCUT2D eigenvalue weighted by Gasteiger charge is 2.41. The summed E-state index contributed by atoms with van der Waals surface area (Å²) in [4.78, 5) is 21.4. The second-order valence-electron chi connectivity index (χ2n) is 8.16. The summed E-state index contributed by atoms with van der Waals surface area (Å²) in [7, 11) is 0. The van der Waals surface area contributed by atoms with Crippen molar-refractivity contribution in [2.24, 2.45) is 11.8 Å². The molecule has 1 saturated carbocycles. The molecule has 32 heavy (non-hydrogen) atoms. The van der Waals surface area contributed by atoms with Crippen LogP contribution >= 0.6 is 27.5 Å². The predicted molar refractivity (Wildman–Crippen MR) is 125 cm³/mol. The minimum atomic E-state index is -1.15. The summed E-state index contributed by atoms with van der Waals surface area (Å²) in [5.74, 6) is -0.429. The second kappa shape index (κ2) is 9.68. The van der Waals surface area contributed by atoms with Crippen LogP contribution in [0.3, 0.4) is 0 Å². The van der Waals surface area contributed by atoms with Crippen LogP contribution in [-0.2, 0) is 6.54 Å². The maximum Gasteiger partial charge on any atom is 0.199 e. The van der Waals surface area contributed by atoms with Crippen molar-refractivity contribution in [2.45, 2.75) is 32.1 Å². The number of aliphatic hydroxyl groups is 1. The lowest BCUT2D eigenvalue weighted by molar-refractivity contribution is 0.103. The van der Waals surface area contributed by atoms with Crippen LogP contribution in [0.2, 0.25) is 5.15 Å². The summed E-state index contributed by atoms with van der Waals surface area (Å²) in [6.07, 6.45) is 3.75. The number of carbonyl (C=O) groups excluding carboxylic acids is 1. The molecule has 168 valence electrons. The number of aromatic nitrogens is 3. The zero-order valence-electron chi connectivity index (χ0n) is 17.4. The van der Waals surface area contributed by atoms with E-state index >= 15 is 0 Å². The highest BCUT2D eigenvalue weighted by molar-refractivity contribution is 9.10. The maximum atomic E-state index is 14.7. The Kier molecular flexibility index (Phi) is 6.93. The molecular weight excluding hydrogens is 499 g/mol. The summed E-state index contributed by atoms with van der Waals surface area (Å²) in [5.41, 5.74) is 1.67. The summed E-state index contributed by atoms with van der Waals surface area (Å²) in [6.45, 7) is 2.22. The van der Waals surface area contributed by atoms with E-state index in [9.17, 15) is 14.3 Å². The Morgan fingerprint density at radius 1 is 1.41 bits per heavy atom. The van der Waals surface area contributed by atoms with Gasteiger partial charge in [0, 0.05) is 35.6 Å². The van der Waals surface area contributed by atoms with Crippen LogP contribution in [0.25, 0.3) is 0 Å². The summed E-state index contributed by atoms with van der Waals surface area (Å²) < 4.78 is 17.5. The molecule has 4 atom stereocenters. The molecule has 0 amide bonds. The average Bonchev–Trinajstić information content (AvgIpc) is 3.28. The van der Waals surface area contributed by atoms with Crippen molar-refractivity contribution < 1.29 is 14.3 Å². The number of rotatable bonds is 7. The van der Waals surface area contributed by atoms with Crippen LogP contribution in [0, 0.1) is 11.8 Å². The third-order valence-corrected chi connectivity index (χ3v) is 6.87. The molecule has 2 heterocycles. The lowest BCUT2D eigenvalue weighted by Gasteiger charge is -2.18. The highest BCUT2D eigenvalue weighted by Crippen LogP contribution is 2.36. The van der Waals surface area contributed by atoms with Crippen LogP contribution in [-0.4, -0.2) is 44.2 Å². The minimum Gasteiger partial charge on any atom is -0.396 e. The molecule has 9 heteroatoms. The lowest BCUT2D eigenvalue weighted by Crippen LogP contribution is -2.29. The molecule has 0 bridgehead atoms. The number of aliphatic hydroxyl groups excluding tert-OH is 1. The fourth-order valence-corrected chi connectivity index (χ4v) is 4.85. The van der Waals surface area contributed by atoms with Gasteiger partial charge in [0.2, 0.25) is 0 Å². The number of alkyl halides is 1. The highest BCUT2D eigenvalue weighted by atomic mass is 79.9. The van der Waals surface area contributed by atoms with E-state index in [-0.39, 0.29) is 35.6 Å². The molecule has 1 fully saturated rings. The summed E-state index contributed by atoms with van der Waals surface area (Å²) in [5, 5.41) is 13.0. The number of hydrogen-bond acceptors (Lipinski definition) is 5. The van der Waals surface area contributed by atoms with Crippen molar-refractivity contribution in [1.82, 2.24) is 14.5 Å². The van der Waals surface area contributed by atoms with Gasteiger partial charge in [0.15, 0.2) is 5.78 Å². The lowest BCUT2D eigenvalue weighted by atomic mass is 9.99. The van der Waals surface area contributed by atoms with Gasteiger partial charge in [-0.1, -0.05) is 46.6 Å². The maximum absolute atomic E-state index is 14.7. The van der Waals surface area contributed by atoms with E-state index in [2.05, 4.69) is 31.2 Å². The molecule has 0 spiro atoms. The van der Waals surface area contributed by atoms with E-state index in [4.69, 9.17) is 11.6 Å². The minimum absolute atomic E-state index is 0.0701. The molecule has 1 aliphatic carbocycles. The quantitative estimate of drug-likeness (QED) is 0.439. The van der Waals surface area contributed by atoms with Crippen LogP contribution in [0.15, 0.2) is 53.5 Å². The van der Waals surface area contributed by atoms with E-state index in [0.29, 0.717) is 23.7 Å². The number of anilines is 1. The van der Waals surface area contributed by atoms with Crippen molar-refractivity contribution in [3.63, 3.8) is 0 Å². The zero-order valence-corrected chi connectivity index (χ0v) is 19.7. The topological polar surface area (TPSA) is 80.0 Å². The van der Waals surface area contributed by atoms with Gasteiger partial charge in [-0.3, -0.25) is 4.79 Å². The average molecular weight is 522 g/mol. The van der Waals surface area contributed by atoms with Crippen molar-refractivity contribution in [3.8, 4) is 0 Å². The molecule has 2 aromatic heterocycles. The number of ketones is 1. The molecule has 4 rings (SSSR count). The van der Waals surface area contributed by atoms with E-state index in [1.165, 1.54) is 12.5 Å². The normalized spacial score (nSPS) is 22.8. The van der Waals surface area contributed by atoms with Crippen molar-refractivity contribution >= 4 is 39.1 Å². The van der Waals surface area contributed by atoms with Crippen LogP contribution in [0.4, 0.5) is 10.2 Å². The first-order valence-electron chi connectivity index (χ1n) is 10.3. The van der Waals surface area contributed by atoms with Gasteiger partial charge in [-0.05, 0) is 42.0 Å². The smallest absolute Gasteiger partial charge is 0.199 e. The molecule has 0 aliphatic heterocycles. The van der Waals surface area contributed by atoms with Gasteiger partial charge in [0.1, 0.15) is 23.5 Å². The van der Waals surface area contributed by atoms with E-state index in [1.807, 2.05) is 24.3 Å². The van der Waals surface area contributed by atoms with Gasteiger partial charge < -0.3 is 15.0 Å². The molecule has 1 aliphatic rings. The molecule has 6 nitrogen and oxygen atoms in total. The Labute approximate surface area is 199 Å². The van der Waals surface area contributed by atoms with E-state index in [1.54, 1.807) is 23.8 Å². The Morgan fingerprint density at radius 2 is 2.22 bits per heavy atom. The largest absolute Gasteiger partial charge is 0.396 e. The van der Waals surface area contributed by atoms with Crippen LogP contribution in [0.5, 0.6) is 0 Å². The number of benzene rings is 1.